The van der Waals surface area contributed by atoms with Gasteiger partial charge in [-0.25, -0.2) is 4.98 Å². The van der Waals surface area contributed by atoms with E-state index in [1.807, 2.05) is 35.7 Å². The molecule has 0 spiro atoms. The summed E-state index contributed by atoms with van der Waals surface area (Å²) in [6.07, 6.45) is 0. The maximum Gasteiger partial charge on any atom is 0.257 e. The smallest absolute Gasteiger partial charge is 0.257 e. The summed E-state index contributed by atoms with van der Waals surface area (Å²) in [6.45, 7) is 1.42. The highest BCUT2D eigenvalue weighted by atomic mass is 32.1. The summed E-state index contributed by atoms with van der Waals surface area (Å²) in [6, 6.07) is 16.5. The van der Waals surface area contributed by atoms with E-state index in [-0.39, 0.29) is 11.8 Å². The Morgan fingerprint density at radius 2 is 1.79 bits per heavy atom. The van der Waals surface area contributed by atoms with E-state index in [9.17, 15) is 9.59 Å². The number of carbonyl (C=O) groups excluding carboxylic acids is 2. The van der Waals surface area contributed by atoms with Gasteiger partial charge in [0.2, 0.25) is 5.91 Å². The first-order valence-corrected chi connectivity index (χ1v) is 8.20. The van der Waals surface area contributed by atoms with Crippen LogP contribution >= 0.6 is 11.3 Å². The number of rotatable bonds is 4. The molecule has 0 unspecified atom stereocenters. The molecule has 0 aliphatic heterocycles. The summed E-state index contributed by atoms with van der Waals surface area (Å²) in [7, 11) is 0. The highest BCUT2D eigenvalue weighted by molar-refractivity contribution is 7.14. The molecule has 0 atom stereocenters. The van der Waals surface area contributed by atoms with Crippen molar-refractivity contribution in [3.63, 3.8) is 0 Å². The minimum Gasteiger partial charge on any atom is -0.326 e. The largest absolute Gasteiger partial charge is 0.326 e. The fraction of sp³-hybridized carbons (Fsp3) is 0.0556. The van der Waals surface area contributed by atoms with E-state index in [1.54, 1.807) is 24.3 Å². The Morgan fingerprint density at radius 1 is 1.00 bits per heavy atom. The van der Waals surface area contributed by atoms with Crippen molar-refractivity contribution in [1.29, 1.82) is 0 Å². The van der Waals surface area contributed by atoms with Crippen LogP contribution in [0.5, 0.6) is 0 Å². The molecule has 0 radical (unpaired) electrons. The van der Waals surface area contributed by atoms with Crippen LogP contribution in [0.25, 0.3) is 11.3 Å². The Kier molecular flexibility index (Phi) is 4.67. The monoisotopic (exact) mass is 337 g/mol. The first-order chi connectivity index (χ1) is 11.6. The molecule has 0 aliphatic rings. The number of carbonyl (C=O) groups is 2. The summed E-state index contributed by atoms with van der Waals surface area (Å²) in [5, 5.41) is 7.87. The normalized spacial score (nSPS) is 10.2. The number of hydrogen-bond donors (Lipinski definition) is 2. The van der Waals surface area contributed by atoms with E-state index in [2.05, 4.69) is 15.6 Å². The van der Waals surface area contributed by atoms with Gasteiger partial charge >= 0.3 is 0 Å². The molecule has 0 bridgehead atoms. The number of aromatic nitrogens is 1. The van der Waals surface area contributed by atoms with Crippen molar-refractivity contribution in [2.75, 3.05) is 10.6 Å². The van der Waals surface area contributed by atoms with Crippen LogP contribution in [0.3, 0.4) is 0 Å². The molecule has 1 aromatic heterocycles. The average Bonchev–Trinajstić information content (AvgIpc) is 3.04. The molecule has 2 amide bonds. The highest BCUT2D eigenvalue weighted by Gasteiger charge is 2.10. The zero-order chi connectivity index (χ0) is 16.9. The molecular formula is C18H15N3O2S. The fourth-order valence-electron chi connectivity index (χ4n) is 2.18. The Balaban J connectivity index is 1.73. The molecule has 120 valence electrons. The van der Waals surface area contributed by atoms with E-state index in [4.69, 9.17) is 0 Å². The SMILES string of the molecule is CC(=O)Nc1cccc(C(=O)Nc2nc(-c3ccccc3)cs2)c1. The first kappa shape index (κ1) is 15.9. The van der Waals surface area contributed by atoms with Gasteiger partial charge in [0.25, 0.3) is 5.91 Å². The summed E-state index contributed by atoms with van der Waals surface area (Å²) in [5.41, 5.74) is 2.86. The third-order valence-corrected chi connectivity index (χ3v) is 4.00. The van der Waals surface area contributed by atoms with Gasteiger partial charge in [0.1, 0.15) is 0 Å². The van der Waals surface area contributed by atoms with Crippen LogP contribution in [0.15, 0.2) is 60.0 Å². The highest BCUT2D eigenvalue weighted by Crippen LogP contribution is 2.25. The van der Waals surface area contributed by atoms with E-state index >= 15 is 0 Å². The van der Waals surface area contributed by atoms with Crippen molar-refractivity contribution in [3.8, 4) is 11.3 Å². The van der Waals surface area contributed by atoms with Crippen molar-refractivity contribution in [1.82, 2.24) is 4.98 Å². The topological polar surface area (TPSA) is 71.1 Å². The molecule has 0 saturated carbocycles. The molecule has 0 saturated heterocycles. The van der Waals surface area contributed by atoms with Crippen LogP contribution in [0.4, 0.5) is 10.8 Å². The van der Waals surface area contributed by atoms with Crippen LogP contribution in [0, 0.1) is 0 Å². The maximum atomic E-state index is 12.3. The second-order valence-electron chi connectivity index (χ2n) is 5.12. The zero-order valence-corrected chi connectivity index (χ0v) is 13.8. The number of benzene rings is 2. The summed E-state index contributed by atoms with van der Waals surface area (Å²) in [4.78, 5) is 27.9. The molecule has 5 nitrogen and oxygen atoms in total. The van der Waals surface area contributed by atoms with Crippen molar-refractivity contribution in [2.45, 2.75) is 6.92 Å². The second-order valence-corrected chi connectivity index (χ2v) is 5.98. The summed E-state index contributed by atoms with van der Waals surface area (Å²) in [5.74, 6) is -0.448. The van der Waals surface area contributed by atoms with Gasteiger partial charge in [-0.3, -0.25) is 14.9 Å². The van der Waals surface area contributed by atoms with Gasteiger partial charge < -0.3 is 5.32 Å². The van der Waals surface area contributed by atoms with E-state index < -0.39 is 0 Å². The molecule has 1 heterocycles. The number of thiazole rings is 1. The molecule has 3 rings (SSSR count). The molecule has 6 heteroatoms. The number of nitrogens with one attached hydrogen (secondary N) is 2. The first-order valence-electron chi connectivity index (χ1n) is 7.32. The number of amides is 2. The maximum absolute atomic E-state index is 12.3. The van der Waals surface area contributed by atoms with Crippen LogP contribution < -0.4 is 10.6 Å². The molecule has 2 aromatic carbocycles. The molecule has 0 aliphatic carbocycles. The van der Waals surface area contributed by atoms with E-state index in [0.717, 1.165) is 11.3 Å². The van der Waals surface area contributed by atoms with Crippen LogP contribution in [-0.4, -0.2) is 16.8 Å². The third kappa shape index (κ3) is 3.85. The molecule has 2 N–H and O–H groups in total. The van der Waals surface area contributed by atoms with Gasteiger partial charge in [-0.05, 0) is 18.2 Å². The zero-order valence-electron chi connectivity index (χ0n) is 12.9. The van der Waals surface area contributed by atoms with E-state index in [0.29, 0.717) is 16.4 Å². The number of anilines is 2. The van der Waals surface area contributed by atoms with E-state index in [1.165, 1.54) is 18.3 Å². The van der Waals surface area contributed by atoms with Gasteiger partial charge in [0.05, 0.1) is 5.69 Å². The lowest BCUT2D eigenvalue weighted by molar-refractivity contribution is -0.114. The number of nitrogens with zero attached hydrogens (tertiary/aromatic N) is 1. The van der Waals surface area contributed by atoms with Crippen molar-refractivity contribution < 1.29 is 9.59 Å². The molecule has 24 heavy (non-hydrogen) atoms. The lowest BCUT2D eigenvalue weighted by Crippen LogP contribution is -2.13. The lowest BCUT2D eigenvalue weighted by atomic mass is 10.2. The Labute approximate surface area is 143 Å². The fourth-order valence-corrected chi connectivity index (χ4v) is 2.90. The van der Waals surface area contributed by atoms with Crippen LogP contribution in [-0.2, 0) is 4.79 Å². The molecular weight excluding hydrogens is 322 g/mol. The van der Waals surface area contributed by atoms with Crippen molar-refractivity contribution >= 4 is 34.0 Å². The van der Waals surface area contributed by atoms with Gasteiger partial charge in [0.15, 0.2) is 5.13 Å². The summed E-state index contributed by atoms with van der Waals surface area (Å²) < 4.78 is 0. The third-order valence-electron chi connectivity index (χ3n) is 3.24. The van der Waals surface area contributed by atoms with Crippen LogP contribution in [0.1, 0.15) is 17.3 Å². The minimum atomic E-state index is -0.267. The minimum absolute atomic E-state index is 0.181. The van der Waals surface area contributed by atoms with Crippen molar-refractivity contribution in [2.24, 2.45) is 0 Å². The molecule has 3 aromatic rings. The van der Waals surface area contributed by atoms with Gasteiger partial charge in [-0.15, -0.1) is 11.3 Å². The van der Waals surface area contributed by atoms with Gasteiger partial charge in [-0.1, -0.05) is 36.4 Å². The lowest BCUT2D eigenvalue weighted by Gasteiger charge is -2.05. The van der Waals surface area contributed by atoms with Gasteiger partial charge in [-0.2, -0.15) is 0 Å². The molecule has 0 fully saturated rings. The second kappa shape index (κ2) is 7.06. The average molecular weight is 337 g/mol. The Morgan fingerprint density at radius 3 is 2.54 bits per heavy atom. The predicted octanol–water partition coefficient (Wildman–Crippen LogP) is 4.02. The standard InChI is InChI=1S/C18H15N3O2S/c1-12(22)19-15-9-5-8-14(10-15)17(23)21-18-20-16(11-24-18)13-6-3-2-4-7-13/h2-11H,1H3,(H,19,22)(H,20,21,23). The quantitative estimate of drug-likeness (QED) is 0.755. The Hall–Kier alpha value is -2.99. The van der Waals surface area contributed by atoms with Crippen molar-refractivity contribution in [3.05, 3.63) is 65.5 Å². The number of hydrogen-bond acceptors (Lipinski definition) is 4. The van der Waals surface area contributed by atoms with Crippen LogP contribution in [0.2, 0.25) is 0 Å². The predicted molar refractivity (Wildman–Crippen MR) is 96.2 cm³/mol. The van der Waals surface area contributed by atoms with Gasteiger partial charge in [0, 0.05) is 29.1 Å². The Bertz CT molecular complexity index is 875. The summed E-state index contributed by atoms with van der Waals surface area (Å²) >= 11 is 1.37.